The number of likely N-dealkylation sites (tertiary alicyclic amines) is 1. The highest BCUT2D eigenvalue weighted by molar-refractivity contribution is 5.94. The maximum atomic E-state index is 13.9. The van der Waals surface area contributed by atoms with E-state index in [-0.39, 0.29) is 23.3 Å². The summed E-state index contributed by atoms with van der Waals surface area (Å²) in [5.74, 6) is 0.637. The third-order valence-electron chi connectivity index (χ3n) is 8.38. The van der Waals surface area contributed by atoms with Crippen molar-refractivity contribution in [3.8, 4) is 5.75 Å². The topological polar surface area (TPSA) is 59.1 Å². The fourth-order valence-corrected chi connectivity index (χ4v) is 6.73. The van der Waals surface area contributed by atoms with Gasteiger partial charge in [0.2, 0.25) is 0 Å². The Morgan fingerprint density at radius 2 is 1.92 bits per heavy atom. The summed E-state index contributed by atoms with van der Waals surface area (Å²) in [6.07, 6.45) is 5.32. The number of hydrogen-bond donors (Lipinski definition) is 0. The molecule has 2 fully saturated rings. The summed E-state index contributed by atoms with van der Waals surface area (Å²) in [5, 5.41) is 0. The number of nitrogens with zero attached hydrogens (tertiary/aromatic N) is 2. The van der Waals surface area contributed by atoms with Crippen LogP contribution in [-0.4, -0.2) is 66.6 Å². The fourth-order valence-electron chi connectivity index (χ4n) is 6.73. The molecule has 2 aromatic carbocycles. The van der Waals surface area contributed by atoms with E-state index in [1.54, 1.807) is 0 Å². The lowest BCUT2D eigenvalue weighted by Crippen LogP contribution is -2.68. The number of piperidine rings is 1. The molecule has 0 spiro atoms. The Morgan fingerprint density at radius 3 is 2.58 bits per heavy atom. The van der Waals surface area contributed by atoms with Crippen molar-refractivity contribution in [3.05, 3.63) is 78.4 Å². The van der Waals surface area contributed by atoms with Gasteiger partial charge in [-0.1, -0.05) is 50.3 Å². The second-order valence-electron chi connectivity index (χ2n) is 11.3. The minimum atomic E-state index is -0.432. The van der Waals surface area contributed by atoms with Gasteiger partial charge in [0, 0.05) is 50.7 Å². The summed E-state index contributed by atoms with van der Waals surface area (Å²) in [6.45, 7) is 12.9. The van der Waals surface area contributed by atoms with Gasteiger partial charge in [-0.15, -0.1) is 6.58 Å². The van der Waals surface area contributed by atoms with E-state index in [0.717, 1.165) is 56.4 Å². The number of methoxy groups -OCH3 is 1. The SMILES string of the molecule is C=CCN1CCC2(c3cccc(OC(C)=O)c3)C[C@@H](N(CC(C)C)C(=O)c3ccccc3)CCC2(OC)C1. The molecule has 1 amide bonds. The Balaban J connectivity index is 1.78. The van der Waals surface area contributed by atoms with Crippen LogP contribution in [0.4, 0.5) is 0 Å². The van der Waals surface area contributed by atoms with Crippen molar-refractivity contribution >= 4 is 11.9 Å². The molecule has 2 unspecified atom stereocenters. The first-order chi connectivity index (χ1) is 18.2. The van der Waals surface area contributed by atoms with Gasteiger partial charge in [-0.3, -0.25) is 14.5 Å². The van der Waals surface area contributed by atoms with Gasteiger partial charge in [0.1, 0.15) is 5.75 Å². The normalized spacial score (nSPS) is 25.4. The van der Waals surface area contributed by atoms with E-state index in [2.05, 4.69) is 36.3 Å². The van der Waals surface area contributed by atoms with E-state index in [9.17, 15) is 9.59 Å². The molecule has 2 aromatic rings. The van der Waals surface area contributed by atoms with Gasteiger partial charge in [0.05, 0.1) is 5.60 Å². The summed E-state index contributed by atoms with van der Waals surface area (Å²) in [4.78, 5) is 30.1. The molecule has 4 rings (SSSR count). The number of carbonyl (C=O) groups is 2. The lowest BCUT2D eigenvalue weighted by molar-refractivity contribution is -0.153. The third-order valence-corrected chi connectivity index (χ3v) is 8.38. The number of rotatable bonds is 9. The second-order valence-corrected chi connectivity index (χ2v) is 11.3. The Morgan fingerprint density at radius 1 is 1.16 bits per heavy atom. The van der Waals surface area contributed by atoms with Crippen LogP contribution in [0.2, 0.25) is 0 Å². The number of benzene rings is 2. The zero-order valence-corrected chi connectivity index (χ0v) is 23.3. The van der Waals surface area contributed by atoms with Crippen LogP contribution in [0.1, 0.15) is 62.4 Å². The Kier molecular flexibility index (Phi) is 8.74. The molecule has 1 heterocycles. The zero-order valence-electron chi connectivity index (χ0n) is 23.3. The van der Waals surface area contributed by atoms with E-state index in [0.29, 0.717) is 18.2 Å². The van der Waals surface area contributed by atoms with Crippen LogP contribution in [0, 0.1) is 5.92 Å². The summed E-state index contributed by atoms with van der Waals surface area (Å²) < 4.78 is 12.0. The molecule has 0 N–H and O–H groups in total. The maximum absolute atomic E-state index is 13.9. The Bertz CT molecular complexity index is 1130. The molecule has 0 bridgehead atoms. The van der Waals surface area contributed by atoms with Gasteiger partial charge in [0.25, 0.3) is 5.91 Å². The van der Waals surface area contributed by atoms with E-state index >= 15 is 0 Å². The number of fused-ring (bicyclic) bond motifs is 1. The first-order valence-electron chi connectivity index (χ1n) is 13.8. The average Bonchev–Trinajstić information content (AvgIpc) is 2.91. The molecule has 0 radical (unpaired) electrons. The molecule has 38 heavy (non-hydrogen) atoms. The molecule has 6 heteroatoms. The smallest absolute Gasteiger partial charge is 0.308 e. The van der Waals surface area contributed by atoms with Crippen LogP contribution in [-0.2, 0) is 14.9 Å². The fraction of sp³-hybridized carbons (Fsp3) is 0.500. The molecular formula is C32H42N2O4. The van der Waals surface area contributed by atoms with Gasteiger partial charge in [-0.2, -0.15) is 0 Å². The van der Waals surface area contributed by atoms with Crippen LogP contribution in [0.25, 0.3) is 0 Å². The van der Waals surface area contributed by atoms with Crippen molar-refractivity contribution in [2.24, 2.45) is 5.92 Å². The molecule has 1 aliphatic heterocycles. The summed E-state index contributed by atoms with van der Waals surface area (Å²) >= 11 is 0. The monoisotopic (exact) mass is 518 g/mol. The number of hydrogen-bond acceptors (Lipinski definition) is 5. The van der Waals surface area contributed by atoms with Gasteiger partial charge in [-0.25, -0.2) is 0 Å². The second kappa shape index (κ2) is 11.8. The minimum absolute atomic E-state index is 0.0664. The predicted octanol–water partition coefficient (Wildman–Crippen LogP) is 5.48. The van der Waals surface area contributed by atoms with E-state index in [1.165, 1.54) is 6.92 Å². The first kappa shape index (κ1) is 28.1. The molecule has 1 saturated carbocycles. The quantitative estimate of drug-likeness (QED) is 0.250. The van der Waals surface area contributed by atoms with E-state index < -0.39 is 5.60 Å². The van der Waals surface area contributed by atoms with Crippen molar-refractivity contribution < 1.29 is 19.1 Å². The minimum Gasteiger partial charge on any atom is -0.427 e. The molecule has 204 valence electrons. The van der Waals surface area contributed by atoms with Gasteiger partial charge >= 0.3 is 5.97 Å². The van der Waals surface area contributed by atoms with E-state index in [1.807, 2.05) is 61.7 Å². The van der Waals surface area contributed by atoms with Crippen molar-refractivity contribution in [2.45, 2.75) is 63.5 Å². The van der Waals surface area contributed by atoms with Gasteiger partial charge in [0.15, 0.2) is 0 Å². The number of carbonyl (C=O) groups excluding carboxylic acids is 2. The van der Waals surface area contributed by atoms with Crippen molar-refractivity contribution in [2.75, 3.05) is 33.3 Å². The lowest BCUT2D eigenvalue weighted by atomic mass is 9.55. The average molecular weight is 519 g/mol. The van der Waals surface area contributed by atoms with Crippen molar-refractivity contribution in [3.63, 3.8) is 0 Å². The summed E-state index contributed by atoms with van der Waals surface area (Å²) in [5.41, 5.74) is 1.06. The maximum Gasteiger partial charge on any atom is 0.308 e. The molecular weight excluding hydrogens is 476 g/mol. The number of esters is 1. The molecule has 0 aromatic heterocycles. The van der Waals surface area contributed by atoms with Crippen molar-refractivity contribution in [1.29, 1.82) is 0 Å². The third kappa shape index (κ3) is 5.57. The standard InChI is InChI=1S/C32H42N2O4/c1-6-18-33-19-17-31(27-13-10-14-29(20-27)38-25(4)35)21-28(15-16-32(31,23-33)37-5)34(22-24(2)3)30(36)26-11-8-7-9-12-26/h6-14,20,24,28H,1,15-19,21-23H2,2-5H3/t28-,31?,32?/m0/s1. The van der Waals surface area contributed by atoms with Crippen LogP contribution in [0.15, 0.2) is 67.3 Å². The van der Waals surface area contributed by atoms with Crippen molar-refractivity contribution in [1.82, 2.24) is 9.80 Å². The molecule has 1 aliphatic carbocycles. The van der Waals surface area contributed by atoms with Crippen LogP contribution < -0.4 is 4.74 Å². The van der Waals surface area contributed by atoms with Crippen LogP contribution in [0.3, 0.4) is 0 Å². The Hall–Kier alpha value is -2.96. The highest BCUT2D eigenvalue weighted by Gasteiger charge is 2.59. The summed E-state index contributed by atoms with van der Waals surface area (Å²) in [6, 6.07) is 17.6. The molecule has 3 atom stereocenters. The van der Waals surface area contributed by atoms with Crippen LogP contribution in [0.5, 0.6) is 5.75 Å². The molecule has 6 nitrogen and oxygen atoms in total. The lowest BCUT2D eigenvalue weighted by Gasteiger charge is -2.60. The molecule has 2 aliphatic rings. The molecule has 1 saturated heterocycles. The van der Waals surface area contributed by atoms with E-state index in [4.69, 9.17) is 9.47 Å². The number of ether oxygens (including phenoxy) is 2. The summed E-state index contributed by atoms with van der Waals surface area (Å²) in [7, 11) is 1.82. The van der Waals surface area contributed by atoms with Gasteiger partial charge in [-0.05, 0) is 68.0 Å². The highest BCUT2D eigenvalue weighted by atomic mass is 16.5. The highest BCUT2D eigenvalue weighted by Crippen LogP contribution is 2.54. The number of amides is 1. The zero-order chi connectivity index (χ0) is 27.3. The van der Waals surface area contributed by atoms with Crippen LogP contribution >= 0.6 is 0 Å². The van der Waals surface area contributed by atoms with Gasteiger partial charge < -0.3 is 14.4 Å². The Labute approximate surface area is 227 Å². The first-order valence-corrected chi connectivity index (χ1v) is 13.8. The predicted molar refractivity (Wildman–Crippen MR) is 150 cm³/mol. The largest absolute Gasteiger partial charge is 0.427 e.